The standard InChI is InChI=1S/C19H20FNO2/c20-17-8-4-7-15(11-17)16-9-10-18(12-16)21(19(22)23)13-14-5-2-1-3-6-14/h1-8,11,16,18H,9-10,12-13H2,(H,22,23)/t16-,18+/m0/s1. The Morgan fingerprint density at radius 3 is 2.61 bits per heavy atom. The van der Waals surface area contributed by atoms with E-state index in [1.165, 1.54) is 11.0 Å². The molecule has 23 heavy (non-hydrogen) atoms. The molecule has 0 heterocycles. The Morgan fingerprint density at radius 1 is 1.13 bits per heavy atom. The number of hydrogen-bond acceptors (Lipinski definition) is 1. The number of benzene rings is 2. The Hall–Kier alpha value is -2.36. The number of rotatable bonds is 4. The molecule has 0 aromatic heterocycles. The van der Waals surface area contributed by atoms with Crippen molar-refractivity contribution in [1.29, 1.82) is 0 Å². The number of carboxylic acid groups (broad SMARTS) is 1. The molecule has 0 radical (unpaired) electrons. The SMILES string of the molecule is O=C(O)N(Cc1ccccc1)[C@@H]1CC[C@H](c2cccc(F)c2)C1. The number of amides is 1. The number of nitrogens with zero attached hydrogens (tertiary/aromatic N) is 1. The molecular formula is C19H20FNO2. The molecule has 0 unspecified atom stereocenters. The highest BCUT2D eigenvalue weighted by Crippen LogP contribution is 2.37. The maximum Gasteiger partial charge on any atom is 0.407 e. The first-order valence-electron chi connectivity index (χ1n) is 7.92. The molecule has 1 fully saturated rings. The summed E-state index contributed by atoms with van der Waals surface area (Å²) < 4.78 is 13.4. The van der Waals surface area contributed by atoms with Crippen molar-refractivity contribution in [3.05, 3.63) is 71.5 Å². The van der Waals surface area contributed by atoms with Crippen molar-refractivity contribution in [2.75, 3.05) is 0 Å². The van der Waals surface area contributed by atoms with Crippen LogP contribution in [0, 0.1) is 5.82 Å². The minimum Gasteiger partial charge on any atom is -0.465 e. The fourth-order valence-corrected chi connectivity index (χ4v) is 3.44. The van der Waals surface area contributed by atoms with Crippen molar-refractivity contribution in [2.24, 2.45) is 0 Å². The van der Waals surface area contributed by atoms with Gasteiger partial charge < -0.3 is 10.0 Å². The van der Waals surface area contributed by atoms with Crippen LogP contribution >= 0.6 is 0 Å². The van der Waals surface area contributed by atoms with E-state index < -0.39 is 6.09 Å². The predicted molar refractivity (Wildman–Crippen MR) is 86.8 cm³/mol. The fraction of sp³-hybridized carbons (Fsp3) is 0.316. The minimum atomic E-state index is -0.890. The van der Waals surface area contributed by atoms with Crippen LogP contribution in [-0.2, 0) is 6.54 Å². The van der Waals surface area contributed by atoms with E-state index in [4.69, 9.17) is 0 Å². The van der Waals surface area contributed by atoms with Crippen molar-refractivity contribution >= 4 is 6.09 Å². The van der Waals surface area contributed by atoms with Crippen molar-refractivity contribution in [1.82, 2.24) is 4.90 Å². The Bertz CT molecular complexity index is 674. The second-order valence-corrected chi connectivity index (χ2v) is 6.11. The zero-order valence-electron chi connectivity index (χ0n) is 12.9. The van der Waals surface area contributed by atoms with Gasteiger partial charge in [-0.15, -0.1) is 0 Å². The Labute approximate surface area is 135 Å². The lowest BCUT2D eigenvalue weighted by atomic mass is 9.97. The van der Waals surface area contributed by atoms with Crippen molar-refractivity contribution in [3.8, 4) is 0 Å². The molecule has 0 bridgehead atoms. The van der Waals surface area contributed by atoms with Gasteiger partial charge in [0.15, 0.2) is 0 Å². The summed E-state index contributed by atoms with van der Waals surface area (Å²) in [6.07, 6.45) is 1.58. The van der Waals surface area contributed by atoms with E-state index in [1.54, 1.807) is 12.1 Å². The van der Waals surface area contributed by atoms with E-state index in [-0.39, 0.29) is 17.8 Å². The fourth-order valence-electron chi connectivity index (χ4n) is 3.44. The molecule has 0 saturated heterocycles. The van der Waals surface area contributed by atoms with Gasteiger partial charge in [0.2, 0.25) is 0 Å². The summed E-state index contributed by atoms with van der Waals surface area (Å²) in [5.74, 6) is -0.00125. The van der Waals surface area contributed by atoms with E-state index >= 15 is 0 Å². The summed E-state index contributed by atoms with van der Waals surface area (Å²) >= 11 is 0. The Morgan fingerprint density at radius 2 is 1.91 bits per heavy atom. The van der Waals surface area contributed by atoms with Crippen LogP contribution < -0.4 is 0 Å². The maximum absolute atomic E-state index is 13.4. The lowest BCUT2D eigenvalue weighted by molar-refractivity contribution is 0.121. The van der Waals surface area contributed by atoms with Gasteiger partial charge in [0, 0.05) is 12.6 Å². The van der Waals surface area contributed by atoms with Gasteiger partial charge in [-0.2, -0.15) is 0 Å². The molecule has 1 saturated carbocycles. The van der Waals surface area contributed by atoms with Crippen LogP contribution in [0.3, 0.4) is 0 Å². The lowest BCUT2D eigenvalue weighted by Crippen LogP contribution is -2.37. The molecule has 1 aliphatic rings. The smallest absolute Gasteiger partial charge is 0.407 e. The van der Waals surface area contributed by atoms with Gasteiger partial charge in [0.05, 0.1) is 0 Å². The third-order valence-electron chi connectivity index (χ3n) is 4.61. The number of hydrogen-bond donors (Lipinski definition) is 1. The molecule has 1 aliphatic carbocycles. The van der Waals surface area contributed by atoms with Crippen molar-refractivity contribution in [3.63, 3.8) is 0 Å². The van der Waals surface area contributed by atoms with Crippen LogP contribution in [-0.4, -0.2) is 22.1 Å². The third kappa shape index (κ3) is 3.70. The summed E-state index contributed by atoms with van der Waals surface area (Å²) in [5.41, 5.74) is 1.96. The maximum atomic E-state index is 13.4. The van der Waals surface area contributed by atoms with Gasteiger partial charge in [-0.3, -0.25) is 0 Å². The molecule has 4 heteroatoms. The van der Waals surface area contributed by atoms with Gasteiger partial charge >= 0.3 is 6.09 Å². The molecule has 0 aliphatic heterocycles. The van der Waals surface area contributed by atoms with E-state index in [0.29, 0.717) is 6.54 Å². The molecular weight excluding hydrogens is 293 g/mol. The molecule has 3 rings (SSSR count). The van der Waals surface area contributed by atoms with E-state index in [1.807, 2.05) is 36.4 Å². The molecule has 120 valence electrons. The highest BCUT2D eigenvalue weighted by Gasteiger charge is 2.32. The van der Waals surface area contributed by atoms with Crippen LogP contribution in [0.4, 0.5) is 9.18 Å². The molecule has 1 N–H and O–H groups in total. The first-order chi connectivity index (χ1) is 11.1. The van der Waals surface area contributed by atoms with E-state index in [2.05, 4.69) is 0 Å². The van der Waals surface area contributed by atoms with Gasteiger partial charge in [-0.1, -0.05) is 42.5 Å². The average molecular weight is 313 g/mol. The molecule has 2 aromatic carbocycles. The van der Waals surface area contributed by atoms with Crippen LogP contribution in [0.5, 0.6) is 0 Å². The monoisotopic (exact) mass is 313 g/mol. The highest BCUT2D eigenvalue weighted by atomic mass is 19.1. The minimum absolute atomic E-state index is 0.0130. The van der Waals surface area contributed by atoms with Crippen LogP contribution in [0.25, 0.3) is 0 Å². The molecule has 2 aromatic rings. The first kappa shape index (κ1) is 15.5. The van der Waals surface area contributed by atoms with E-state index in [0.717, 1.165) is 30.4 Å². The highest BCUT2D eigenvalue weighted by molar-refractivity contribution is 5.65. The van der Waals surface area contributed by atoms with E-state index in [9.17, 15) is 14.3 Å². The summed E-state index contributed by atoms with van der Waals surface area (Å²) in [5, 5.41) is 9.56. The average Bonchev–Trinajstić information content (AvgIpc) is 3.03. The van der Waals surface area contributed by atoms with Gasteiger partial charge in [-0.05, 0) is 48.4 Å². The van der Waals surface area contributed by atoms with Crippen LogP contribution in [0.2, 0.25) is 0 Å². The summed E-state index contributed by atoms with van der Waals surface area (Å²) in [6, 6.07) is 16.3. The van der Waals surface area contributed by atoms with Crippen LogP contribution in [0.15, 0.2) is 54.6 Å². The summed E-state index contributed by atoms with van der Waals surface area (Å²) in [4.78, 5) is 13.2. The van der Waals surface area contributed by atoms with Gasteiger partial charge in [0.25, 0.3) is 0 Å². The Balaban J connectivity index is 1.71. The quantitative estimate of drug-likeness (QED) is 0.893. The van der Waals surface area contributed by atoms with Crippen LogP contribution in [0.1, 0.15) is 36.3 Å². The Kier molecular flexibility index (Phi) is 4.60. The normalized spacial score (nSPS) is 20.4. The first-order valence-corrected chi connectivity index (χ1v) is 7.92. The van der Waals surface area contributed by atoms with Crippen molar-refractivity contribution in [2.45, 2.75) is 37.8 Å². The summed E-state index contributed by atoms with van der Waals surface area (Å²) in [7, 11) is 0. The third-order valence-corrected chi connectivity index (χ3v) is 4.61. The second-order valence-electron chi connectivity index (χ2n) is 6.11. The zero-order valence-corrected chi connectivity index (χ0v) is 12.9. The molecule has 3 nitrogen and oxygen atoms in total. The summed E-state index contributed by atoms with van der Waals surface area (Å²) in [6.45, 7) is 0.400. The number of halogens is 1. The molecule has 0 spiro atoms. The predicted octanol–water partition coefficient (Wildman–Crippen LogP) is 4.64. The second kappa shape index (κ2) is 6.82. The lowest BCUT2D eigenvalue weighted by Gasteiger charge is -2.26. The molecule has 2 atom stereocenters. The topological polar surface area (TPSA) is 40.5 Å². The number of carbonyl (C=O) groups is 1. The van der Waals surface area contributed by atoms with Gasteiger partial charge in [0.1, 0.15) is 5.82 Å². The largest absolute Gasteiger partial charge is 0.465 e. The van der Waals surface area contributed by atoms with Crippen molar-refractivity contribution < 1.29 is 14.3 Å². The van der Waals surface area contributed by atoms with Gasteiger partial charge in [-0.25, -0.2) is 9.18 Å². The zero-order chi connectivity index (χ0) is 16.2. The molecule has 1 amide bonds.